The summed E-state index contributed by atoms with van der Waals surface area (Å²) in [5.74, 6) is 1.45. The Morgan fingerprint density at radius 2 is 1.90 bits per heavy atom. The van der Waals surface area contributed by atoms with Crippen LogP contribution in [0.1, 0.15) is 43.0 Å². The molecule has 2 rings (SSSR count). The largest absolute Gasteiger partial charge is 0.496 e. The van der Waals surface area contributed by atoms with Crippen molar-refractivity contribution < 1.29 is 14.3 Å². The Hall–Kier alpha value is -1.55. The molecule has 0 saturated heterocycles. The maximum Gasteiger partial charge on any atom is 0.190 e. The Bertz CT molecular complexity index is 478. The van der Waals surface area contributed by atoms with E-state index >= 15 is 0 Å². The van der Waals surface area contributed by atoms with Gasteiger partial charge in [0.15, 0.2) is 5.78 Å². The van der Waals surface area contributed by atoms with Crippen LogP contribution in [-0.2, 0) is 0 Å². The summed E-state index contributed by atoms with van der Waals surface area (Å²) >= 11 is 0. The highest BCUT2D eigenvalue weighted by Crippen LogP contribution is 2.37. The van der Waals surface area contributed by atoms with Crippen LogP contribution in [0, 0.1) is 5.92 Å². The van der Waals surface area contributed by atoms with Gasteiger partial charge in [0.2, 0.25) is 0 Å². The van der Waals surface area contributed by atoms with E-state index in [9.17, 15) is 4.79 Å². The number of rotatable bonds is 4. The van der Waals surface area contributed by atoms with Crippen LogP contribution in [0.5, 0.6) is 11.5 Å². The standard InChI is InChI=1S/C16H23NO3/c1-11-6-5-9-16(17,10-11)15(18)14-12(19-2)7-4-8-13(14)20-3/h4,7-8,11H,5-6,9-10,17H2,1-3H3. The van der Waals surface area contributed by atoms with Gasteiger partial charge in [-0.1, -0.05) is 25.8 Å². The fourth-order valence-corrected chi connectivity index (χ4v) is 3.12. The zero-order valence-electron chi connectivity index (χ0n) is 12.4. The minimum Gasteiger partial charge on any atom is -0.496 e. The maximum atomic E-state index is 12.9. The molecule has 20 heavy (non-hydrogen) atoms. The second-order valence-corrected chi connectivity index (χ2v) is 5.72. The van der Waals surface area contributed by atoms with Crippen molar-refractivity contribution >= 4 is 5.78 Å². The lowest BCUT2D eigenvalue weighted by Gasteiger charge is -2.35. The summed E-state index contributed by atoms with van der Waals surface area (Å²) < 4.78 is 10.6. The Morgan fingerprint density at radius 1 is 1.30 bits per heavy atom. The van der Waals surface area contributed by atoms with Gasteiger partial charge < -0.3 is 15.2 Å². The molecule has 4 heteroatoms. The van der Waals surface area contributed by atoms with Gasteiger partial charge in [0, 0.05) is 0 Å². The minimum atomic E-state index is -0.806. The fraction of sp³-hybridized carbons (Fsp3) is 0.562. The highest BCUT2D eigenvalue weighted by atomic mass is 16.5. The summed E-state index contributed by atoms with van der Waals surface area (Å²) in [5.41, 5.74) is 6.07. The molecular formula is C16H23NO3. The molecule has 2 atom stereocenters. The molecule has 2 unspecified atom stereocenters. The van der Waals surface area contributed by atoms with Gasteiger partial charge in [-0.25, -0.2) is 0 Å². The molecule has 0 aliphatic heterocycles. The molecular weight excluding hydrogens is 254 g/mol. The third kappa shape index (κ3) is 2.66. The summed E-state index contributed by atoms with van der Waals surface area (Å²) in [6.07, 6.45) is 3.56. The van der Waals surface area contributed by atoms with E-state index in [2.05, 4.69) is 6.92 Å². The summed E-state index contributed by atoms with van der Waals surface area (Å²) in [5, 5.41) is 0. The van der Waals surface area contributed by atoms with Crippen LogP contribution < -0.4 is 15.2 Å². The Morgan fingerprint density at radius 3 is 2.40 bits per heavy atom. The Labute approximate surface area is 120 Å². The number of nitrogens with two attached hydrogens (primary N) is 1. The highest BCUT2D eigenvalue weighted by molar-refractivity contribution is 6.07. The molecule has 1 fully saturated rings. The topological polar surface area (TPSA) is 61.5 Å². The van der Waals surface area contributed by atoms with Crippen molar-refractivity contribution in [2.75, 3.05) is 14.2 Å². The van der Waals surface area contributed by atoms with Gasteiger partial charge in [-0.2, -0.15) is 0 Å². The molecule has 0 aromatic heterocycles. The predicted octanol–water partition coefficient (Wildman–Crippen LogP) is 2.79. The van der Waals surface area contributed by atoms with Crippen LogP contribution in [-0.4, -0.2) is 25.5 Å². The summed E-state index contributed by atoms with van der Waals surface area (Å²) in [4.78, 5) is 12.9. The van der Waals surface area contributed by atoms with Crippen molar-refractivity contribution in [1.29, 1.82) is 0 Å². The molecule has 4 nitrogen and oxygen atoms in total. The van der Waals surface area contributed by atoms with Crippen molar-refractivity contribution in [3.63, 3.8) is 0 Å². The van der Waals surface area contributed by atoms with Crippen LogP contribution in [0.3, 0.4) is 0 Å². The third-order valence-corrected chi connectivity index (χ3v) is 4.14. The molecule has 2 N–H and O–H groups in total. The third-order valence-electron chi connectivity index (χ3n) is 4.14. The number of Topliss-reactive ketones (excluding diaryl/α,β-unsaturated/α-hetero) is 1. The van der Waals surface area contributed by atoms with E-state index in [0.717, 1.165) is 19.3 Å². The first-order valence-corrected chi connectivity index (χ1v) is 7.06. The smallest absolute Gasteiger partial charge is 0.190 e. The maximum absolute atomic E-state index is 12.9. The van der Waals surface area contributed by atoms with Crippen molar-refractivity contribution in [3.05, 3.63) is 23.8 Å². The second-order valence-electron chi connectivity index (χ2n) is 5.72. The SMILES string of the molecule is COc1cccc(OC)c1C(=O)C1(N)CCCC(C)C1. The van der Waals surface area contributed by atoms with Crippen LogP contribution >= 0.6 is 0 Å². The summed E-state index contributed by atoms with van der Waals surface area (Å²) in [7, 11) is 3.11. The van der Waals surface area contributed by atoms with Gasteiger partial charge in [0.1, 0.15) is 17.1 Å². The van der Waals surface area contributed by atoms with E-state index in [1.54, 1.807) is 32.4 Å². The van der Waals surface area contributed by atoms with Gasteiger partial charge in [-0.3, -0.25) is 4.79 Å². The first-order valence-electron chi connectivity index (χ1n) is 7.06. The molecule has 0 bridgehead atoms. The fourth-order valence-electron chi connectivity index (χ4n) is 3.12. The zero-order chi connectivity index (χ0) is 14.8. The van der Waals surface area contributed by atoms with Crippen molar-refractivity contribution in [2.45, 2.75) is 38.1 Å². The highest BCUT2D eigenvalue weighted by Gasteiger charge is 2.40. The molecule has 0 heterocycles. The number of methoxy groups -OCH3 is 2. The minimum absolute atomic E-state index is 0.0710. The van der Waals surface area contributed by atoms with Gasteiger partial charge in [-0.05, 0) is 30.9 Å². The van der Waals surface area contributed by atoms with Crippen LogP contribution in [0.15, 0.2) is 18.2 Å². The number of hydrogen-bond acceptors (Lipinski definition) is 4. The first-order chi connectivity index (χ1) is 9.51. The van der Waals surface area contributed by atoms with E-state index in [-0.39, 0.29) is 5.78 Å². The number of carbonyl (C=O) groups is 1. The summed E-state index contributed by atoms with van der Waals surface area (Å²) in [6.45, 7) is 2.15. The molecule has 1 aliphatic carbocycles. The monoisotopic (exact) mass is 277 g/mol. The molecule has 1 aliphatic rings. The summed E-state index contributed by atoms with van der Waals surface area (Å²) in [6, 6.07) is 5.35. The van der Waals surface area contributed by atoms with Crippen molar-refractivity contribution in [2.24, 2.45) is 11.7 Å². The van der Waals surface area contributed by atoms with E-state index in [1.165, 1.54) is 0 Å². The number of hydrogen-bond donors (Lipinski definition) is 1. The molecule has 1 aromatic rings. The zero-order valence-corrected chi connectivity index (χ0v) is 12.4. The van der Waals surface area contributed by atoms with Gasteiger partial charge in [-0.15, -0.1) is 0 Å². The molecule has 0 radical (unpaired) electrons. The average Bonchev–Trinajstić information content (AvgIpc) is 2.45. The van der Waals surface area contributed by atoms with Gasteiger partial charge >= 0.3 is 0 Å². The molecule has 110 valence electrons. The van der Waals surface area contributed by atoms with Crippen molar-refractivity contribution in [1.82, 2.24) is 0 Å². The lowest BCUT2D eigenvalue weighted by Crippen LogP contribution is -2.51. The van der Waals surface area contributed by atoms with Crippen LogP contribution in [0.25, 0.3) is 0 Å². The number of ether oxygens (including phenoxy) is 2. The molecule has 0 amide bonds. The molecule has 0 spiro atoms. The average molecular weight is 277 g/mol. The Kier molecular flexibility index (Phi) is 4.33. The van der Waals surface area contributed by atoms with Gasteiger partial charge in [0.25, 0.3) is 0 Å². The van der Waals surface area contributed by atoms with E-state index < -0.39 is 5.54 Å². The molecule has 1 saturated carbocycles. The van der Waals surface area contributed by atoms with E-state index in [1.807, 2.05) is 0 Å². The number of ketones is 1. The first kappa shape index (κ1) is 14.9. The normalized spacial score (nSPS) is 26.1. The molecule has 1 aromatic carbocycles. The van der Waals surface area contributed by atoms with Crippen LogP contribution in [0.2, 0.25) is 0 Å². The lowest BCUT2D eigenvalue weighted by atomic mass is 9.73. The number of carbonyl (C=O) groups excluding carboxylic acids is 1. The second kappa shape index (κ2) is 5.83. The van der Waals surface area contributed by atoms with Crippen molar-refractivity contribution in [3.8, 4) is 11.5 Å². The Balaban J connectivity index is 2.42. The lowest BCUT2D eigenvalue weighted by molar-refractivity contribution is 0.0813. The predicted molar refractivity (Wildman–Crippen MR) is 78.4 cm³/mol. The number of benzene rings is 1. The van der Waals surface area contributed by atoms with E-state index in [0.29, 0.717) is 29.4 Å². The van der Waals surface area contributed by atoms with Gasteiger partial charge in [0.05, 0.1) is 19.8 Å². The van der Waals surface area contributed by atoms with E-state index in [4.69, 9.17) is 15.2 Å². The quantitative estimate of drug-likeness (QED) is 0.860. The van der Waals surface area contributed by atoms with Crippen LogP contribution in [0.4, 0.5) is 0 Å².